The highest BCUT2D eigenvalue weighted by atomic mass is 16.3. The van der Waals surface area contributed by atoms with E-state index < -0.39 is 0 Å². The molecule has 3 N–H and O–H groups in total. The Morgan fingerprint density at radius 1 is 0.938 bits per heavy atom. The normalized spacial score (nSPS) is 11.8. The lowest BCUT2D eigenvalue weighted by atomic mass is 10.2. The molecule has 0 aliphatic heterocycles. The largest absolute Gasteiger partial charge is 0.454 e. The zero-order chi connectivity index (χ0) is 10.5. The third kappa shape index (κ3) is 0.883. The summed E-state index contributed by atoms with van der Waals surface area (Å²) < 4.78 is 5.76. The van der Waals surface area contributed by atoms with Crippen LogP contribution in [0.4, 0.5) is 0 Å². The third-order valence-electron chi connectivity index (χ3n) is 2.89. The van der Waals surface area contributed by atoms with Crippen molar-refractivity contribution in [2.45, 2.75) is 0 Å². The number of fused-ring (bicyclic) bond motifs is 2. The summed E-state index contributed by atoms with van der Waals surface area (Å²) in [6, 6.07) is 5.95. The maximum absolute atomic E-state index is 5.76. The van der Waals surface area contributed by atoms with Crippen LogP contribution in [0.5, 0.6) is 0 Å². The second-order valence-electron chi connectivity index (χ2n) is 3.83. The van der Waals surface area contributed by atoms with Crippen molar-refractivity contribution in [3.05, 3.63) is 36.8 Å². The van der Waals surface area contributed by atoms with Crippen LogP contribution in [-0.4, -0.2) is 15.0 Å². The van der Waals surface area contributed by atoms with Crippen LogP contribution in [0.3, 0.4) is 0 Å². The molecule has 0 aliphatic rings. The number of aromatic amines is 3. The molecule has 0 aromatic carbocycles. The fraction of sp³-hybridized carbons (Fsp3) is 0. The number of H-pyrrole nitrogens is 3. The predicted octanol–water partition coefficient (Wildman–Crippen LogP) is 3.24. The van der Waals surface area contributed by atoms with Crippen LogP contribution in [-0.2, 0) is 0 Å². The molecule has 4 heteroatoms. The minimum absolute atomic E-state index is 0.871. The number of rotatable bonds is 1. The molecule has 4 nitrogen and oxygen atoms in total. The summed E-state index contributed by atoms with van der Waals surface area (Å²) in [4.78, 5) is 9.53. The molecule has 4 aromatic rings. The van der Waals surface area contributed by atoms with Gasteiger partial charge in [-0.3, -0.25) is 0 Å². The van der Waals surface area contributed by atoms with E-state index in [1.807, 2.05) is 36.8 Å². The number of furan rings is 1. The van der Waals surface area contributed by atoms with Crippen LogP contribution in [0.25, 0.3) is 33.5 Å². The summed E-state index contributed by atoms with van der Waals surface area (Å²) in [7, 11) is 0. The zero-order valence-corrected chi connectivity index (χ0v) is 8.37. The van der Waals surface area contributed by atoms with Crippen molar-refractivity contribution in [3.8, 4) is 11.3 Å². The minimum atomic E-state index is 0.871. The first-order valence-electron chi connectivity index (χ1n) is 5.13. The Kier molecular flexibility index (Phi) is 1.28. The quantitative estimate of drug-likeness (QED) is 0.444. The van der Waals surface area contributed by atoms with Crippen LogP contribution in [0.1, 0.15) is 0 Å². The number of hydrogen-bond acceptors (Lipinski definition) is 1. The first-order valence-corrected chi connectivity index (χ1v) is 5.13. The summed E-state index contributed by atoms with van der Waals surface area (Å²) in [6.07, 6.45) is 5.75. The summed E-state index contributed by atoms with van der Waals surface area (Å²) >= 11 is 0. The molecule has 0 saturated carbocycles. The minimum Gasteiger partial charge on any atom is -0.454 e. The van der Waals surface area contributed by atoms with Gasteiger partial charge in [0.2, 0.25) is 0 Å². The molecular formula is C12H9N3O. The van der Waals surface area contributed by atoms with E-state index in [2.05, 4.69) is 15.0 Å². The van der Waals surface area contributed by atoms with E-state index >= 15 is 0 Å². The first kappa shape index (κ1) is 7.87. The molecule has 4 heterocycles. The zero-order valence-electron chi connectivity index (χ0n) is 8.37. The Hall–Kier alpha value is -2.36. The van der Waals surface area contributed by atoms with Gasteiger partial charge < -0.3 is 19.4 Å². The monoisotopic (exact) mass is 211 g/mol. The van der Waals surface area contributed by atoms with Crippen molar-refractivity contribution in [2.75, 3.05) is 0 Å². The Balaban J connectivity index is 2.03. The van der Waals surface area contributed by atoms with E-state index in [1.54, 1.807) is 0 Å². The summed E-state index contributed by atoms with van der Waals surface area (Å²) in [5.74, 6) is 0.871. The van der Waals surface area contributed by atoms with E-state index in [1.165, 1.54) is 0 Å². The van der Waals surface area contributed by atoms with E-state index in [0.717, 1.165) is 33.5 Å². The standard InChI is InChI=1S/C12H9N3O/c1-3-14-12-7(6-15-8(1)12)11-5-9-10(16-11)2-4-13-9/h1-6,13-15H. The van der Waals surface area contributed by atoms with E-state index in [-0.39, 0.29) is 0 Å². The Morgan fingerprint density at radius 3 is 2.81 bits per heavy atom. The van der Waals surface area contributed by atoms with Gasteiger partial charge in [0.25, 0.3) is 0 Å². The highest BCUT2D eigenvalue weighted by molar-refractivity contribution is 5.93. The van der Waals surface area contributed by atoms with Gasteiger partial charge >= 0.3 is 0 Å². The molecule has 0 saturated heterocycles. The van der Waals surface area contributed by atoms with Crippen molar-refractivity contribution < 1.29 is 4.42 Å². The van der Waals surface area contributed by atoms with Gasteiger partial charge in [-0.05, 0) is 12.1 Å². The second-order valence-corrected chi connectivity index (χ2v) is 3.83. The van der Waals surface area contributed by atoms with Gasteiger partial charge in [-0.2, -0.15) is 0 Å². The SMILES string of the molecule is c1cc2oc(-c3c[nH]c4cc[nH]c34)cc2[nH]1. The van der Waals surface area contributed by atoms with E-state index in [4.69, 9.17) is 4.42 Å². The highest BCUT2D eigenvalue weighted by Crippen LogP contribution is 2.31. The summed E-state index contributed by atoms with van der Waals surface area (Å²) in [5, 5.41) is 0. The molecule has 0 radical (unpaired) electrons. The molecule has 0 aliphatic carbocycles. The van der Waals surface area contributed by atoms with Crippen molar-refractivity contribution in [3.63, 3.8) is 0 Å². The molecule has 0 bridgehead atoms. The predicted molar refractivity (Wildman–Crippen MR) is 62.2 cm³/mol. The molecule has 78 valence electrons. The van der Waals surface area contributed by atoms with Gasteiger partial charge in [-0.25, -0.2) is 0 Å². The molecular weight excluding hydrogens is 202 g/mol. The molecule has 0 unspecified atom stereocenters. The highest BCUT2D eigenvalue weighted by Gasteiger charge is 2.11. The number of hydrogen-bond donors (Lipinski definition) is 3. The van der Waals surface area contributed by atoms with E-state index in [9.17, 15) is 0 Å². The van der Waals surface area contributed by atoms with Crippen molar-refractivity contribution in [1.29, 1.82) is 0 Å². The van der Waals surface area contributed by atoms with Crippen molar-refractivity contribution in [1.82, 2.24) is 15.0 Å². The molecule has 0 amide bonds. The molecule has 0 atom stereocenters. The third-order valence-corrected chi connectivity index (χ3v) is 2.89. The molecule has 0 spiro atoms. The lowest BCUT2D eigenvalue weighted by Gasteiger charge is -1.90. The second kappa shape index (κ2) is 2.61. The van der Waals surface area contributed by atoms with Gasteiger partial charge in [0.15, 0.2) is 5.58 Å². The van der Waals surface area contributed by atoms with Crippen LogP contribution in [0.2, 0.25) is 0 Å². The lowest BCUT2D eigenvalue weighted by molar-refractivity contribution is 0.632. The molecule has 4 aromatic heterocycles. The van der Waals surface area contributed by atoms with Gasteiger partial charge in [0.1, 0.15) is 5.76 Å². The summed E-state index contributed by atoms with van der Waals surface area (Å²) in [6.45, 7) is 0. The molecule has 0 fully saturated rings. The van der Waals surface area contributed by atoms with Gasteiger partial charge in [0.05, 0.1) is 22.1 Å². The lowest BCUT2D eigenvalue weighted by Crippen LogP contribution is -1.69. The molecule has 4 rings (SSSR count). The fourth-order valence-corrected chi connectivity index (χ4v) is 2.11. The Labute approximate surface area is 90.3 Å². The number of nitrogens with one attached hydrogen (secondary N) is 3. The van der Waals surface area contributed by atoms with Crippen molar-refractivity contribution in [2.24, 2.45) is 0 Å². The maximum atomic E-state index is 5.76. The fourth-order valence-electron chi connectivity index (χ4n) is 2.11. The summed E-state index contributed by atoms with van der Waals surface area (Å²) in [5.41, 5.74) is 5.14. The Bertz CT molecular complexity index is 740. The first-order chi connectivity index (χ1) is 7.92. The average Bonchev–Trinajstić information content (AvgIpc) is 2.95. The van der Waals surface area contributed by atoms with Gasteiger partial charge in [-0.15, -0.1) is 0 Å². The van der Waals surface area contributed by atoms with Crippen LogP contribution >= 0.6 is 0 Å². The van der Waals surface area contributed by atoms with Crippen LogP contribution in [0, 0.1) is 0 Å². The number of aromatic nitrogens is 3. The topological polar surface area (TPSA) is 60.5 Å². The smallest absolute Gasteiger partial charge is 0.152 e. The van der Waals surface area contributed by atoms with Crippen LogP contribution in [0.15, 0.2) is 41.2 Å². The van der Waals surface area contributed by atoms with Gasteiger partial charge in [-0.1, -0.05) is 0 Å². The maximum Gasteiger partial charge on any atom is 0.152 e. The Morgan fingerprint density at radius 2 is 1.88 bits per heavy atom. The molecule has 16 heavy (non-hydrogen) atoms. The van der Waals surface area contributed by atoms with Gasteiger partial charge in [0, 0.05) is 24.7 Å². The van der Waals surface area contributed by atoms with E-state index in [0.29, 0.717) is 0 Å². The average molecular weight is 211 g/mol. The van der Waals surface area contributed by atoms with Crippen LogP contribution < -0.4 is 0 Å². The van der Waals surface area contributed by atoms with Crippen molar-refractivity contribution >= 4 is 22.1 Å².